The Kier molecular flexibility index (Phi) is 7.75. The number of hydrogen-bond donors (Lipinski definition) is 1. The van der Waals surface area contributed by atoms with Crippen molar-refractivity contribution in [1.82, 2.24) is 4.90 Å². The van der Waals surface area contributed by atoms with E-state index in [0.29, 0.717) is 31.7 Å². The molecule has 1 aromatic carbocycles. The number of aliphatic carboxylic acids is 1. The van der Waals surface area contributed by atoms with Crippen molar-refractivity contribution in [3.05, 3.63) is 35.9 Å². The van der Waals surface area contributed by atoms with Gasteiger partial charge in [0.1, 0.15) is 0 Å². The SMILES string of the molecule is O=C(O)CCCCC(=O)N(Cc1ccccc1)CC1CCOCC1. The Morgan fingerprint density at radius 2 is 1.75 bits per heavy atom. The van der Waals surface area contributed by atoms with Crippen molar-refractivity contribution in [2.75, 3.05) is 19.8 Å². The highest BCUT2D eigenvalue weighted by molar-refractivity contribution is 5.76. The standard InChI is InChI=1S/C19H27NO4/c21-18(8-4-5-9-19(22)23)20(14-16-6-2-1-3-7-16)15-17-10-12-24-13-11-17/h1-3,6-7,17H,4-5,8-15H2,(H,22,23). The maximum atomic E-state index is 12.6. The van der Waals surface area contributed by atoms with Gasteiger partial charge in [0.25, 0.3) is 0 Å². The van der Waals surface area contributed by atoms with E-state index in [2.05, 4.69) is 0 Å². The summed E-state index contributed by atoms with van der Waals surface area (Å²) in [4.78, 5) is 25.1. The molecule has 0 aromatic heterocycles. The van der Waals surface area contributed by atoms with Gasteiger partial charge in [-0.2, -0.15) is 0 Å². The molecule has 1 aliphatic heterocycles. The molecule has 1 N–H and O–H groups in total. The Balaban J connectivity index is 1.90. The summed E-state index contributed by atoms with van der Waals surface area (Å²) in [5, 5.41) is 8.69. The van der Waals surface area contributed by atoms with Crippen LogP contribution >= 0.6 is 0 Å². The first-order valence-electron chi connectivity index (χ1n) is 8.76. The molecule has 0 radical (unpaired) electrons. The van der Waals surface area contributed by atoms with E-state index >= 15 is 0 Å². The molecule has 24 heavy (non-hydrogen) atoms. The molecular weight excluding hydrogens is 306 g/mol. The van der Waals surface area contributed by atoms with E-state index < -0.39 is 5.97 Å². The maximum absolute atomic E-state index is 12.6. The number of amides is 1. The third-order valence-corrected chi connectivity index (χ3v) is 4.42. The molecule has 1 amide bonds. The Morgan fingerprint density at radius 1 is 1.08 bits per heavy atom. The van der Waals surface area contributed by atoms with E-state index in [1.165, 1.54) is 0 Å². The minimum absolute atomic E-state index is 0.121. The number of rotatable bonds is 9. The van der Waals surface area contributed by atoms with Crippen molar-refractivity contribution in [3.63, 3.8) is 0 Å². The second kappa shape index (κ2) is 10.1. The Bertz CT molecular complexity index is 511. The zero-order valence-electron chi connectivity index (χ0n) is 14.2. The quantitative estimate of drug-likeness (QED) is 0.705. The fourth-order valence-electron chi connectivity index (χ4n) is 3.01. The summed E-state index contributed by atoms with van der Waals surface area (Å²) < 4.78 is 5.40. The molecule has 1 fully saturated rings. The molecule has 0 bridgehead atoms. The van der Waals surface area contributed by atoms with Gasteiger partial charge in [-0.25, -0.2) is 0 Å². The van der Waals surface area contributed by atoms with Crippen LogP contribution in [0.3, 0.4) is 0 Å². The van der Waals surface area contributed by atoms with Crippen LogP contribution < -0.4 is 0 Å². The fraction of sp³-hybridized carbons (Fsp3) is 0.579. The van der Waals surface area contributed by atoms with Gasteiger partial charge in [0.2, 0.25) is 5.91 Å². The predicted molar refractivity (Wildman–Crippen MR) is 91.5 cm³/mol. The van der Waals surface area contributed by atoms with Gasteiger partial charge in [0.05, 0.1) is 0 Å². The van der Waals surface area contributed by atoms with E-state index in [9.17, 15) is 9.59 Å². The highest BCUT2D eigenvalue weighted by Gasteiger charge is 2.21. The van der Waals surface area contributed by atoms with Gasteiger partial charge in [0, 0.05) is 39.1 Å². The van der Waals surface area contributed by atoms with E-state index in [4.69, 9.17) is 9.84 Å². The largest absolute Gasteiger partial charge is 0.481 e. The van der Waals surface area contributed by atoms with Crippen molar-refractivity contribution in [2.45, 2.75) is 45.1 Å². The molecule has 1 aliphatic rings. The van der Waals surface area contributed by atoms with Crippen LogP contribution in [-0.4, -0.2) is 41.6 Å². The summed E-state index contributed by atoms with van der Waals surface area (Å²) in [6.07, 6.45) is 3.73. The smallest absolute Gasteiger partial charge is 0.303 e. The van der Waals surface area contributed by atoms with Gasteiger partial charge in [0.15, 0.2) is 0 Å². The number of benzene rings is 1. The molecule has 0 unspecified atom stereocenters. The lowest BCUT2D eigenvalue weighted by molar-refractivity contribution is -0.138. The van der Waals surface area contributed by atoms with E-state index in [1.807, 2.05) is 35.2 Å². The van der Waals surface area contributed by atoms with Gasteiger partial charge in [-0.1, -0.05) is 30.3 Å². The van der Waals surface area contributed by atoms with Gasteiger partial charge in [-0.3, -0.25) is 9.59 Å². The van der Waals surface area contributed by atoms with Crippen LogP contribution in [0.2, 0.25) is 0 Å². The Morgan fingerprint density at radius 3 is 2.42 bits per heavy atom. The van der Waals surface area contributed by atoms with Crippen molar-refractivity contribution in [3.8, 4) is 0 Å². The van der Waals surface area contributed by atoms with Gasteiger partial charge in [-0.15, -0.1) is 0 Å². The van der Waals surface area contributed by atoms with E-state index in [1.54, 1.807) is 0 Å². The molecule has 2 rings (SSSR count). The van der Waals surface area contributed by atoms with E-state index in [-0.39, 0.29) is 12.3 Å². The Hall–Kier alpha value is -1.88. The molecule has 1 saturated heterocycles. The molecule has 1 aromatic rings. The summed E-state index contributed by atoms with van der Waals surface area (Å²) >= 11 is 0. The molecule has 0 saturated carbocycles. The zero-order valence-corrected chi connectivity index (χ0v) is 14.2. The number of ether oxygens (including phenoxy) is 1. The lowest BCUT2D eigenvalue weighted by Crippen LogP contribution is -2.36. The molecule has 0 atom stereocenters. The third kappa shape index (κ3) is 6.71. The van der Waals surface area contributed by atoms with Crippen LogP contribution in [0.25, 0.3) is 0 Å². The van der Waals surface area contributed by atoms with Gasteiger partial charge < -0.3 is 14.7 Å². The topological polar surface area (TPSA) is 66.8 Å². The van der Waals surface area contributed by atoms with Crippen LogP contribution in [0.4, 0.5) is 0 Å². The second-order valence-corrected chi connectivity index (χ2v) is 6.42. The van der Waals surface area contributed by atoms with Crippen LogP contribution in [0.5, 0.6) is 0 Å². The molecule has 0 spiro atoms. The number of carboxylic acid groups (broad SMARTS) is 1. The van der Waals surface area contributed by atoms with Crippen molar-refractivity contribution < 1.29 is 19.4 Å². The van der Waals surface area contributed by atoms with Crippen LogP contribution in [0.1, 0.15) is 44.1 Å². The summed E-state index contributed by atoms with van der Waals surface area (Å²) in [5.74, 6) is -0.188. The summed E-state index contributed by atoms with van der Waals surface area (Å²) in [6, 6.07) is 10.0. The summed E-state index contributed by atoms with van der Waals surface area (Å²) in [5.41, 5.74) is 1.13. The maximum Gasteiger partial charge on any atom is 0.303 e. The number of carboxylic acids is 1. The number of carbonyl (C=O) groups is 2. The molecule has 132 valence electrons. The van der Waals surface area contributed by atoms with Crippen molar-refractivity contribution in [1.29, 1.82) is 0 Å². The molecule has 5 heteroatoms. The highest BCUT2D eigenvalue weighted by atomic mass is 16.5. The first-order chi connectivity index (χ1) is 11.6. The third-order valence-electron chi connectivity index (χ3n) is 4.42. The highest BCUT2D eigenvalue weighted by Crippen LogP contribution is 2.19. The van der Waals surface area contributed by atoms with E-state index in [0.717, 1.165) is 38.2 Å². The first kappa shape index (κ1) is 18.5. The molecule has 1 heterocycles. The molecule has 5 nitrogen and oxygen atoms in total. The molecular formula is C19H27NO4. The second-order valence-electron chi connectivity index (χ2n) is 6.42. The van der Waals surface area contributed by atoms with Crippen LogP contribution in [0.15, 0.2) is 30.3 Å². The number of carbonyl (C=O) groups excluding carboxylic acids is 1. The number of nitrogens with zero attached hydrogens (tertiary/aromatic N) is 1. The summed E-state index contributed by atoms with van der Waals surface area (Å²) in [6.45, 7) is 2.93. The van der Waals surface area contributed by atoms with Crippen molar-refractivity contribution >= 4 is 11.9 Å². The zero-order chi connectivity index (χ0) is 17.2. The lowest BCUT2D eigenvalue weighted by atomic mass is 9.99. The average molecular weight is 333 g/mol. The number of unbranched alkanes of at least 4 members (excludes halogenated alkanes) is 1. The minimum atomic E-state index is -0.800. The van der Waals surface area contributed by atoms with Crippen molar-refractivity contribution in [2.24, 2.45) is 5.92 Å². The monoisotopic (exact) mass is 333 g/mol. The molecule has 0 aliphatic carbocycles. The predicted octanol–water partition coefficient (Wildman–Crippen LogP) is 3.09. The fourth-order valence-corrected chi connectivity index (χ4v) is 3.01. The van der Waals surface area contributed by atoms with Gasteiger partial charge >= 0.3 is 5.97 Å². The average Bonchev–Trinajstić information content (AvgIpc) is 2.59. The Labute approximate surface area is 143 Å². The summed E-state index contributed by atoms with van der Waals surface area (Å²) in [7, 11) is 0. The van der Waals surface area contributed by atoms with Crippen LogP contribution in [0, 0.1) is 5.92 Å². The first-order valence-corrected chi connectivity index (χ1v) is 8.76. The van der Waals surface area contributed by atoms with Crippen LogP contribution in [-0.2, 0) is 20.9 Å². The lowest BCUT2D eigenvalue weighted by Gasteiger charge is -2.30. The normalized spacial score (nSPS) is 15.2. The number of hydrogen-bond acceptors (Lipinski definition) is 3. The van der Waals surface area contributed by atoms with Gasteiger partial charge in [-0.05, 0) is 37.2 Å². The minimum Gasteiger partial charge on any atom is -0.481 e.